The number of aryl methyl sites for hydroxylation is 1. The molecule has 13 heteroatoms. The standard InChI is InChI=1S/C22H35NO10SSi/c1-6-30-35(31-7-2,32-8-3)17-9-14-23-22(25)29-16-15-28-21(24)19(5)33-34(26,27)20-12-10-18(4)11-13-20/h10-13H,5-9,14-17H2,1-4H3,(H,23,25). The van der Waals surface area contributed by atoms with Crippen molar-refractivity contribution in [1.29, 1.82) is 0 Å². The lowest BCUT2D eigenvalue weighted by atomic mass is 10.2. The van der Waals surface area contributed by atoms with Crippen molar-refractivity contribution in [3.8, 4) is 0 Å². The van der Waals surface area contributed by atoms with E-state index >= 15 is 0 Å². The maximum atomic E-state index is 12.2. The molecule has 0 fully saturated rings. The van der Waals surface area contributed by atoms with Gasteiger partial charge in [0.1, 0.15) is 18.1 Å². The molecule has 0 aliphatic carbocycles. The lowest BCUT2D eigenvalue weighted by molar-refractivity contribution is -0.142. The fourth-order valence-corrected chi connectivity index (χ4v) is 6.33. The molecule has 0 bridgehead atoms. The van der Waals surface area contributed by atoms with Gasteiger partial charge in [-0.05, 0) is 52.8 Å². The molecule has 0 saturated carbocycles. The molecule has 0 aromatic heterocycles. The Balaban J connectivity index is 2.32. The number of carbonyl (C=O) groups is 2. The van der Waals surface area contributed by atoms with Crippen LogP contribution in [0.5, 0.6) is 0 Å². The zero-order valence-corrected chi connectivity index (χ0v) is 22.5. The summed E-state index contributed by atoms with van der Waals surface area (Å²) in [5, 5.41) is 2.58. The van der Waals surface area contributed by atoms with E-state index in [0.717, 1.165) is 5.56 Å². The minimum Gasteiger partial charge on any atom is -0.456 e. The molecule has 0 aliphatic rings. The van der Waals surface area contributed by atoms with Gasteiger partial charge in [0.05, 0.1) is 0 Å². The van der Waals surface area contributed by atoms with E-state index in [1.807, 2.05) is 20.8 Å². The maximum absolute atomic E-state index is 12.2. The highest BCUT2D eigenvalue weighted by molar-refractivity contribution is 7.86. The van der Waals surface area contributed by atoms with Crippen LogP contribution in [-0.2, 0) is 41.8 Å². The Morgan fingerprint density at radius 2 is 1.49 bits per heavy atom. The third-order valence-corrected chi connectivity index (χ3v) is 8.74. The fraction of sp³-hybridized carbons (Fsp3) is 0.545. The number of rotatable bonds is 17. The van der Waals surface area contributed by atoms with Crippen LogP contribution < -0.4 is 5.32 Å². The lowest BCUT2D eigenvalue weighted by Gasteiger charge is -2.28. The topological polar surface area (TPSA) is 136 Å². The van der Waals surface area contributed by atoms with Crippen LogP contribution in [0.15, 0.2) is 41.5 Å². The zero-order valence-electron chi connectivity index (χ0n) is 20.7. The normalized spacial score (nSPS) is 11.5. The lowest BCUT2D eigenvalue weighted by Crippen LogP contribution is -2.46. The fourth-order valence-electron chi connectivity index (χ4n) is 2.82. The molecule has 0 heterocycles. The SMILES string of the molecule is C=C(OS(=O)(=O)c1ccc(C)cc1)C(=O)OCCOC(=O)NCCC[Si](OCC)(OCC)OCC. The molecule has 0 unspecified atom stereocenters. The first-order valence-corrected chi connectivity index (χ1v) is 14.6. The summed E-state index contributed by atoms with van der Waals surface area (Å²) in [4.78, 5) is 23.6. The number of alkyl carbamates (subject to hydrolysis) is 1. The van der Waals surface area contributed by atoms with Crippen molar-refractivity contribution in [3.63, 3.8) is 0 Å². The predicted molar refractivity (Wildman–Crippen MR) is 129 cm³/mol. The van der Waals surface area contributed by atoms with Gasteiger partial charge >= 0.3 is 31.0 Å². The number of nitrogens with one attached hydrogen (secondary N) is 1. The highest BCUT2D eigenvalue weighted by Crippen LogP contribution is 2.18. The number of amides is 1. The minimum atomic E-state index is -4.22. The first-order chi connectivity index (χ1) is 16.6. The maximum Gasteiger partial charge on any atom is 0.500 e. The molecule has 198 valence electrons. The van der Waals surface area contributed by atoms with Gasteiger partial charge in [0.2, 0.25) is 5.76 Å². The van der Waals surface area contributed by atoms with Crippen LogP contribution in [-0.4, -0.2) is 68.9 Å². The second-order valence-corrected chi connectivity index (χ2v) is 11.3. The molecule has 1 aromatic carbocycles. The summed E-state index contributed by atoms with van der Waals surface area (Å²) < 4.78 is 56.1. The third kappa shape index (κ3) is 11.2. The second kappa shape index (κ2) is 15.5. The van der Waals surface area contributed by atoms with Crippen molar-refractivity contribution in [3.05, 3.63) is 42.2 Å². The van der Waals surface area contributed by atoms with Crippen molar-refractivity contribution in [2.75, 3.05) is 39.6 Å². The molecule has 0 spiro atoms. The van der Waals surface area contributed by atoms with E-state index in [1.54, 1.807) is 19.1 Å². The first-order valence-electron chi connectivity index (χ1n) is 11.3. The summed E-state index contributed by atoms with van der Waals surface area (Å²) in [5.74, 6) is -1.80. The molecule has 0 radical (unpaired) electrons. The number of ether oxygens (including phenoxy) is 2. The molecule has 1 aromatic rings. The minimum absolute atomic E-state index is 0.124. The summed E-state index contributed by atoms with van der Waals surface area (Å²) in [6.45, 7) is 11.8. The zero-order chi connectivity index (χ0) is 26.3. The quantitative estimate of drug-likeness (QED) is 0.0795. The first kappa shape index (κ1) is 30.6. The predicted octanol–water partition coefficient (Wildman–Crippen LogP) is 2.92. The van der Waals surface area contributed by atoms with Gasteiger partial charge in [0.25, 0.3) is 0 Å². The van der Waals surface area contributed by atoms with Crippen molar-refractivity contribution < 1.29 is 44.9 Å². The second-order valence-electron chi connectivity index (χ2n) is 7.06. The van der Waals surface area contributed by atoms with Crippen LogP contribution >= 0.6 is 0 Å². The van der Waals surface area contributed by atoms with Gasteiger partial charge in [-0.2, -0.15) is 8.42 Å². The summed E-state index contributed by atoms with van der Waals surface area (Å²) in [6, 6.07) is 6.42. The molecule has 0 saturated heterocycles. The van der Waals surface area contributed by atoms with Gasteiger partial charge in [-0.3, -0.25) is 0 Å². The monoisotopic (exact) mass is 533 g/mol. The molecule has 1 rings (SSSR count). The molecule has 35 heavy (non-hydrogen) atoms. The van der Waals surface area contributed by atoms with Crippen LogP contribution in [0.2, 0.25) is 6.04 Å². The van der Waals surface area contributed by atoms with Gasteiger partial charge in [0, 0.05) is 32.4 Å². The Kier molecular flexibility index (Phi) is 13.6. The van der Waals surface area contributed by atoms with Gasteiger partial charge in [-0.1, -0.05) is 17.7 Å². The Labute approximate surface area is 208 Å². The Morgan fingerprint density at radius 1 is 0.943 bits per heavy atom. The molecule has 0 atom stereocenters. The van der Waals surface area contributed by atoms with E-state index in [4.69, 9.17) is 26.9 Å². The average molecular weight is 534 g/mol. The van der Waals surface area contributed by atoms with Crippen LogP contribution in [0.4, 0.5) is 4.79 Å². The molecule has 0 aliphatic heterocycles. The van der Waals surface area contributed by atoms with E-state index in [2.05, 4.69) is 11.9 Å². The molecular formula is C22H35NO10SSi. The number of esters is 1. The van der Waals surface area contributed by atoms with E-state index in [-0.39, 0.29) is 18.1 Å². The highest BCUT2D eigenvalue weighted by atomic mass is 32.2. The Morgan fingerprint density at radius 3 is 2.03 bits per heavy atom. The van der Waals surface area contributed by atoms with Gasteiger partial charge in [-0.25, -0.2) is 9.59 Å². The van der Waals surface area contributed by atoms with E-state index in [9.17, 15) is 18.0 Å². The van der Waals surface area contributed by atoms with Crippen LogP contribution in [0.3, 0.4) is 0 Å². The molecule has 1 amide bonds. The summed E-state index contributed by atoms with van der Waals surface area (Å²) >= 11 is 0. The van der Waals surface area contributed by atoms with E-state index in [0.29, 0.717) is 38.8 Å². The summed E-state index contributed by atoms with van der Waals surface area (Å²) in [7, 11) is -7.00. The van der Waals surface area contributed by atoms with E-state index < -0.39 is 36.7 Å². The van der Waals surface area contributed by atoms with Gasteiger partial charge in [-0.15, -0.1) is 0 Å². The van der Waals surface area contributed by atoms with Crippen molar-refractivity contribution in [2.24, 2.45) is 0 Å². The average Bonchev–Trinajstić information content (AvgIpc) is 2.80. The van der Waals surface area contributed by atoms with Gasteiger partial charge < -0.3 is 32.3 Å². The van der Waals surface area contributed by atoms with Crippen LogP contribution in [0, 0.1) is 6.92 Å². The third-order valence-electron chi connectivity index (χ3n) is 4.32. The number of hydrogen-bond donors (Lipinski definition) is 1. The summed E-state index contributed by atoms with van der Waals surface area (Å²) in [6.07, 6.45) is -0.141. The van der Waals surface area contributed by atoms with Crippen molar-refractivity contribution in [1.82, 2.24) is 5.32 Å². The van der Waals surface area contributed by atoms with Gasteiger partial charge in [0.15, 0.2) is 0 Å². The summed E-state index contributed by atoms with van der Waals surface area (Å²) in [5.41, 5.74) is 0.864. The Hall–Kier alpha value is -2.45. The highest BCUT2D eigenvalue weighted by Gasteiger charge is 2.39. The van der Waals surface area contributed by atoms with Crippen LogP contribution in [0.1, 0.15) is 32.8 Å². The number of carbonyl (C=O) groups excluding carboxylic acids is 2. The number of benzene rings is 1. The number of hydrogen-bond acceptors (Lipinski definition) is 10. The van der Waals surface area contributed by atoms with Crippen molar-refractivity contribution >= 4 is 31.0 Å². The van der Waals surface area contributed by atoms with Crippen LogP contribution in [0.25, 0.3) is 0 Å². The van der Waals surface area contributed by atoms with Crippen molar-refractivity contribution in [2.45, 2.75) is 45.1 Å². The smallest absolute Gasteiger partial charge is 0.456 e. The molecular weight excluding hydrogens is 498 g/mol. The Bertz CT molecular complexity index is 904. The van der Waals surface area contributed by atoms with E-state index in [1.165, 1.54) is 12.1 Å². The molecule has 11 nitrogen and oxygen atoms in total. The largest absolute Gasteiger partial charge is 0.500 e. The molecule has 1 N–H and O–H groups in total.